The minimum Gasteiger partial charge on any atom is -0.466 e. The summed E-state index contributed by atoms with van der Waals surface area (Å²) >= 11 is 5.90. The van der Waals surface area contributed by atoms with Crippen LogP contribution in [0.25, 0.3) is 0 Å². The van der Waals surface area contributed by atoms with Crippen molar-refractivity contribution >= 4 is 23.5 Å². The fourth-order valence-corrected chi connectivity index (χ4v) is 2.80. The number of halogens is 1. The largest absolute Gasteiger partial charge is 0.466 e. The van der Waals surface area contributed by atoms with Gasteiger partial charge in [-0.1, -0.05) is 11.6 Å². The number of aromatic nitrogens is 1. The molecular formula is C15H19ClN2O3. The smallest absolute Gasteiger partial charge is 0.310 e. The van der Waals surface area contributed by atoms with Crippen molar-refractivity contribution in [2.24, 2.45) is 5.92 Å². The molecule has 0 radical (unpaired) electrons. The molecule has 2 rings (SSSR count). The van der Waals surface area contributed by atoms with E-state index in [-0.39, 0.29) is 17.8 Å². The van der Waals surface area contributed by atoms with E-state index in [2.05, 4.69) is 4.98 Å². The molecule has 0 unspecified atom stereocenters. The Balaban J connectivity index is 2.10. The molecule has 1 amide bonds. The van der Waals surface area contributed by atoms with Crippen LogP contribution in [0.4, 0.5) is 0 Å². The molecule has 21 heavy (non-hydrogen) atoms. The highest BCUT2D eigenvalue weighted by Gasteiger charge is 2.29. The van der Waals surface area contributed by atoms with Gasteiger partial charge < -0.3 is 9.64 Å². The zero-order valence-corrected chi connectivity index (χ0v) is 13.0. The number of esters is 1. The van der Waals surface area contributed by atoms with Crippen LogP contribution in [-0.4, -0.2) is 41.5 Å². The average Bonchev–Trinajstić information content (AvgIpc) is 2.46. The lowest BCUT2D eigenvalue weighted by Gasteiger charge is -2.31. The summed E-state index contributed by atoms with van der Waals surface area (Å²) in [5.74, 6) is -0.573. The molecule has 1 aliphatic rings. The van der Waals surface area contributed by atoms with Crippen molar-refractivity contribution in [1.29, 1.82) is 0 Å². The minimum absolute atomic E-state index is 0.114. The van der Waals surface area contributed by atoms with E-state index in [0.29, 0.717) is 36.1 Å². The van der Waals surface area contributed by atoms with Crippen molar-refractivity contribution in [2.75, 3.05) is 19.7 Å². The molecular weight excluding hydrogens is 292 g/mol. The Hall–Kier alpha value is -1.62. The molecule has 6 heteroatoms. The maximum Gasteiger partial charge on any atom is 0.310 e. The summed E-state index contributed by atoms with van der Waals surface area (Å²) in [5, 5.41) is 0.303. The highest BCUT2D eigenvalue weighted by atomic mass is 35.5. The van der Waals surface area contributed by atoms with Gasteiger partial charge in [0.05, 0.1) is 12.5 Å². The minimum atomic E-state index is -0.235. The number of rotatable bonds is 3. The lowest BCUT2D eigenvalue weighted by Crippen LogP contribution is -2.42. The van der Waals surface area contributed by atoms with Gasteiger partial charge in [0.2, 0.25) is 0 Å². The van der Waals surface area contributed by atoms with Crippen LogP contribution in [0, 0.1) is 12.8 Å². The number of ether oxygens (including phenoxy) is 1. The number of carbonyl (C=O) groups excluding carboxylic acids is 2. The highest BCUT2D eigenvalue weighted by molar-refractivity contribution is 6.29. The number of hydrogen-bond acceptors (Lipinski definition) is 4. The second-order valence-corrected chi connectivity index (χ2v) is 5.55. The number of carbonyl (C=O) groups is 2. The standard InChI is InChI=1S/C15H19ClN2O3/c1-3-21-15(20)11-5-4-6-18(9-11)14(19)12-7-10(2)17-13(16)8-12/h7-8,11H,3-6,9H2,1-2H3/t11-/m0/s1. The predicted octanol–water partition coefficient (Wildman–Crippen LogP) is 2.46. The third-order valence-electron chi connectivity index (χ3n) is 3.50. The summed E-state index contributed by atoms with van der Waals surface area (Å²) in [6, 6.07) is 3.27. The number of aryl methyl sites for hydroxylation is 1. The lowest BCUT2D eigenvalue weighted by atomic mass is 9.97. The maximum atomic E-state index is 12.5. The first kappa shape index (κ1) is 15.8. The van der Waals surface area contributed by atoms with Crippen LogP contribution >= 0.6 is 11.6 Å². The van der Waals surface area contributed by atoms with E-state index in [1.165, 1.54) is 0 Å². The van der Waals surface area contributed by atoms with Gasteiger partial charge in [0.1, 0.15) is 5.15 Å². The zero-order valence-electron chi connectivity index (χ0n) is 12.3. The number of likely N-dealkylation sites (tertiary alicyclic amines) is 1. The summed E-state index contributed by atoms with van der Waals surface area (Å²) in [6.45, 7) is 4.98. The Labute approximate surface area is 129 Å². The van der Waals surface area contributed by atoms with E-state index in [4.69, 9.17) is 16.3 Å². The van der Waals surface area contributed by atoms with Crippen LogP contribution in [0.5, 0.6) is 0 Å². The molecule has 2 heterocycles. The second-order valence-electron chi connectivity index (χ2n) is 5.16. The van der Waals surface area contributed by atoms with Crippen LogP contribution in [0.1, 0.15) is 35.8 Å². The summed E-state index contributed by atoms with van der Waals surface area (Å²) in [4.78, 5) is 30.1. The number of hydrogen-bond donors (Lipinski definition) is 0. The summed E-state index contributed by atoms with van der Waals surface area (Å²) in [6.07, 6.45) is 1.56. The Morgan fingerprint density at radius 1 is 1.48 bits per heavy atom. The van der Waals surface area contributed by atoms with Gasteiger partial charge >= 0.3 is 5.97 Å². The molecule has 0 aliphatic carbocycles. The fourth-order valence-electron chi connectivity index (χ4n) is 2.55. The van der Waals surface area contributed by atoms with E-state index in [1.807, 2.05) is 0 Å². The van der Waals surface area contributed by atoms with Gasteiger partial charge in [-0.25, -0.2) is 4.98 Å². The van der Waals surface area contributed by atoms with Crippen molar-refractivity contribution in [1.82, 2.24) is 9.88 Å². The first-order valence-corrected chi connectivity index (χ1v) is 7.49. The highest BCUT2D eigenvalue weighted by Crippen LogP contribution is 2.21. The Morgan fingerprint density at radius 3 is 2.90 bits per heavy atom. The molecule has 114 valence electrons. The van der Waals surface area contributed by atoms with Crippen molar-refractivity contribution in [3.63, 3.8) is 0 Å². The number of amides is 1. The molecule has 1 aromatic rings. The lowest BCUT2D eigenvalue weighted by molar-refractivity contribution is -0.149. The molecule has 1 aromatic heterocycles. The van der Waals surface area contributed by atoms with Gasteiger partial charge in [0, 0.05) is 24.3 Å². The molecule has 1 fully saturated rings. The van der Waals surface area contributed by atoms with E-state index in [1.54, 1.807) is 30.9 Å². The van der Waals surface area contributed by atoms with E-state index >= 15 is 0 Å². The SMILES string of the molecule is CCOC(=O)[C@H]1CCCN(C(=O)c2cc(C)nc(Cl)c2)C1. The van der Waals surface area contributed by atoms with E-state index in [9.17, 15) is 9.59 Å². The van der Waals surface area contributed by atoms with Crippen molar-refractivity contribution in [3.05, 3.63) is 28.5 Å². The molecule has 1 saturated heterocycles. The normalized spacial score (nSPS) is 18.4. The Kier molecular flexibility index (Phi) is 5.17. The molecule has 0 bridgehead atoms. The third kappa shape index (κ3) is 3.94. The summed E-state index contributed by atoms with van der Waals surface area (Å²) in [5.41, 5.74) is 1.21. The van der Waals surface area contributed by atoms with Gasteiger partial charge in [-0.05, 0) is 38.8 Å². The first-order chi connectivity index (χ1) is 10.0. The quantitative estimate of drug-likeness (QED) is 0.635. The molecule has 0 saturated carbocycles. The van der Waals surface area contributed by atoms with Gasteiger partial charge in [-0.2, -0.15) is 0 Å². The van der Waals surface area contributed by atoms with E-state index < -0.39 is 0 Å². The average molecular weight is 311 g/mol. The molecule has 1 atom stereocenters. The van der Waals surface area contributed by atoms with Crippen molar-refractivity contribution in [2.45, 2.75) is 26.7 Å². The molecule has 0 aromatic carbocycles. The van der Waals surface area contributed by atoms with Gasteiger partial charge in [0.15, 0.2) is 0 Å². The topological polar surface area (TPSA) is 59.5 Å². The van der Waals surface area contributed by atoms with Crippen LogP contribution in [0.15, 0.2) is 12.1 Å². The fraction of sp³-hybridized carbons (Fsp3) is 0.533. The predicted molar refractivity (Wildman–Crippen MR) is 79.2 cm³/mol. The number of piperidine rings is 1. The van der Waals surface area contributed by atoms with Crippen molar-refractivity contribution in [3.8, 4) is 0 Å². The zero-order chi connectivity index (χ0) is 15.4. The van der Waals surface area contributed by atoms with Crippen LogP contribution in [0.2, 0.25) is 5.15 Å². The third-order valence-corrected chi connectivity index (χ3v) is 3.69. The number of pyridine rings is 1. The van der Waals surface area contributed by atoms with Gasteiger partial charge in [-0.15, -0.1) is 0 Å². The van der Waals surface area contributed by atoms with E-state index in [0.717, 1.165) is 12.8 Å². The summed E-state index contributed by atoms with van der Waals surface area (Å²) in [7, 11) is 0. The van der Waals surface area contributed by atoms with Crippen molar-refractivity contribution < 1.29 is 14.3 Å². The Bertz CT molecular complexity index is 527. The maximum absolute atomic E-state index is 12.5. The second kappa shape index (κ2) is 6.89. The molecule has 5 nitrogen and oxygen atoms in total. The van der Waals surface area contributed by atoms with Crippen LogP contribution in [0.3, 0.4) is 0 Å². The monoisotopic (exact) mass is 310 g/mol. The number of nitrogens with zero attached hydrogens (tertiary/aromatic N) is 2. The molecule has 0 N–H and O–H groups in total. The van der Waals surface area contributed by atoms with Crippen LogP contribution < -0.4 is 0 Å². The summed E-state index contributed by atoms with van der Waals surface area (Å²) < 4.78 is 5.05. The molecule has 0 spiro atoms. The molecule has 1 aliphatic heterocycles. The Morgan fingerprint density at radius 2 is 2.24 bits per heavy atom. The van der Waals surface area contributed by atoms with Gasteiger partial charge in [0.25, 0.3) is 5.91 Å². The van der Waals surface area contributed by atoms with Crippen LogP contribution in [-0.2, 0) is 9.53 Å². The first-order valence-electron chi connectivity index (χ1n) is 7.11. The van der Waals surface area contributed by atoms with Gasteiger partial charge in [-0.3, -0.25) is 9.59 Å².